The van der Waals surface area contributed by atoms with Gasteiger partial charge in [-0.2, -0.15) is 5.26 Å². The number of allylic oxidation sites excluding steroid dienone is 1. The zero-order valence-electron chi connectivity index (χ0n) is 12.4. The Morgan fingerprint density at radius 2 is 2.22 bits per heavy atom. The number of H-pyrrole nitrogens is 1. The molecule has 2 heterocycles. The fourth-order valence-electron chi connectivity index (χ4n) is 2.80. The van der Waals surface area contributed by atoms with E-state index in [0.717, 1.165) is 30.3 Å². The van der Waals surface area contributed by atoms with Gasteiger partial charge < -0.3 is 10.5 Å². The molecule has 1 aromatic heterocycles. The Bertz CT molecular complexity index is 835. The molecule has 7 heteroatoms. The third kappa shape index (κ3) is 2.42. The molecule has 1 atom stereocenters. The van der Waals surface area contributed by atoms with Crippen LogP contribution in [-0.4, -0.2) is 10.2 Å². The van der Waals surface area contributed by atoms with Gasteiger partial charge in [0.15, 0.2) is 0 Å². The second-order valence-electron chi connectivity index (χ2n) is 5.26. The van der Waals surface area contributed by atoms with Crippen molar-refractivity contribution in [3.8, 4) is 11.9 Å². The van der Waals surface area contributed by atoms with Gasteiger partial charge >= 0.3 is 0 Å². The Balaban J connectivity index is 2.26. The van der Waals surface area contributed by atoms with Crippen molar-refractivity contribution < 1.29 is 13.5 Å². The molecule has 0 spiro atoms. The highest BCUT2D eigenvalue weighted by Gasteiger charge is 2.36. The Kier molecular flexibility index (Phi) is 3.74. The molecule has 0 radical (unpaired) electrons. The lowest BCUT2D eigenvalue weighted by molar-refractivity contribution is 0.377. The molecular formula is C16H14F2N4O. The van der Waals surface area contributed by atoms with Gasteiger partial charge in [0.1, 0.15) is 23.3 Å². The quantitative estimate of drug-likeness (QED) is 0.911. The monoisotopic (exact) mass is 316 g/mol. The Morgan fingerprint density at radius 3 is 2.91 bits per heavy atom. The SMILES string of the molecule is CCCc1[nH]nc2c1[C@H](c1cc(F)ccc1F)C(C#N)=C(N)O2. The molecule has 3 rings (SSSR count). The smallest absolute Gasteiger partial charge is 0.244 e. The van der Waals surface area contributed by atoms with E-state index in [1.165, 1.54) is 0 Å². The molecule has 5 nitrogen and oxygen atoms in total. The summed E-state index contributed by atoms with van der Waals surface area (Å²) in [5, 5.41) is 16.3. The predicted octanol–water partition coefficient (Wildman–Crippen LogP) is 2.86. The highest BCUT2D eigenvalue weighted by Crippen LogP contribution is 2.43. The van der Waals surface area contributed by atoms with Crippen molar-refractivity contribution in [2.75, 3.05) is 0 Å². The predicted molar refractivity (Wildman–Crippen MR) is 78.2 cm³/mol. The molecule has 23 heavy (non-hydrogen) atoms. The molecule has 0 aliphatic carbocycles. The van der Waals surface area contributed by atoms with E-state index in [4.69, 9.17) is 10.5 Å². The van der Waals surface area contributed by atoms with Gasteiger partial charge in [-0.05, 0) is 24.6 Å². The topological polar surface area (TPSA) is 87.7 Å². The number of hydrogen-bond acceptors (Lipinski definition) is 4. The summed E-state index contributed by atoms with van der Waals surface area (Å²) in [5.41, 5.74) is 7.09. The normalized spacial score (nSPS) is 16.7. The number of hydrogen-bond donors (Lipinski definition) is 2. The number of fused-ring (bicyclic) bond motifs is 1. The van der Waals surface area contributed by atoms with Gasteiger partial charge in [-0.1, -0.05) is 13.3 Å². The minimum absolute atomic E-state index is 0.0350. The summed E-state index contributed by atoms with van der Waals surface area (Å²) in [6.07, 6.45) is 1.45. The van der Waals surface area contributed by atoms with E-state index in [-0.39, 0.29) is 22.9 Å². The number of nitriles is 1. The summed E-state index contributed by atoms with van der Waals surface area (Å²) in [4.78, 5) is 0. The Morgan fingerprint density at radius 1 is 1.43 bits per heavy atom. The zero-order valence-corrected chi connectivity index (χ0v) is 12.4. The van der Waals surface area contributed by atoms with Crippen molar-refractivity contribution in [2.24, 2.45) is 5.73 Å². The van der Waals surface area contributed by atoms with Crippen LogP contribution < -0.4 is 10.5 Å². The number of nitrogens with one attached hydrogen (secondary N) is 1. The van der Waals surface area contributed by atoms with E-state index < -0.39 is 17.6 Å². The molecule has 0 amide bonds. The standard InChI is InChI=1S/C16H14F2N4O/c1-2-3-12-14-13(9-6-8(17)4-5-11(9)18)10(7-19)15(20)23-16(14)22-21-12/h4-6,13H,2-3,20H2,1H3,(H,21,22)/t13-/m1/s1. The van der Waals surface area contributed by atoms with Gasteiger partial charge in [-0.15, -0.1) is 5.10 Å². The van der Waals surface area contributed by atoms with Crippen LogP contribution in [0.15, 0.2) is 29.7 Å². The van der Waals surface area contributed by atoms with E-state index in [2.05, 4.69) is 10.2 Å². The summed E-state index contributed by atoms with van der Waals surface area (Å²) in [7, 11) is 0. The molecule has 1 aromatic carbocycles. The summed E-state index contributed by atoms with van der Waals surface area (Å²) in [5.74, 6) is -2.01. The number of nitrogens with zero attached hydrogens (tertiary/aromatic N) is 2. The van der Waals surface area contributed by atoms with Crippen LogP contribution in [0.3, 0.4) is 0 Å². The molecular weight excluding hydrogens is 302 g/mol. The fraction of sp³-hybridized carbons (Fsp3) is 0.250. The maximum atomic E-state index is 14.3. The van der Waals surface area contributed by atoms with Crippen LogP contribution in [0.25, 0.3) is 0 Å². The van der Waals surface area contributed by atoms with E-state index >= 15 is 0 Å². The second-order valence-corrected chi connectivity index (χ2v) is 5.26. The molecule has 0 fully saturated rings. The molecule has 0 unspecified atom stereocenters. The molecule has 118 valence electrons. The second kappa shape index (κ2) is 5.72. The maximum Gasteiger partial charge on any atom is 0.244 e. The van der Waals surface area contributed by atoms with E-state index in [1.54, 1.807) is 0 Å². The maximum absolute atomic E-state index is 14.3. The average Bonchev–Trinajstić information content (AvgIpc) is 2.91. The van der Waals surface area contributed by atoms with Crippen LogP contribution in [0.5, 0.6) is 5.88 Å². The molecule has 1 aliphatic heterocycles. The van der Waals surface area contributed by atoms with E-state index in [0.29, 0.717) is 12.0 Å². The van der Waals surface area contributed by atoms with Gasteiger partial charge in [-0.25, -0.2) is 8.78 Å². The van der Waals surface area contributed by atoms with E-state index in [1.807, 2.05) is 13.0 Å². The lowest BCUT2D eigenvalue weighted by Crippen LogP contribution is -2.22. The largest absolute Gasteiger partial charge is 0.420 e. The number of aromatic nitrogens is 2. The van der Waals surface area contributed by atoms with Gasteiger partial charge in [0, 0.05) is 11.3 Å². The first-order valence-corrected chi connectivity index (χ1v) is 7.16. The van der Waals surface area contributed by atoms with Crippen LogP contribution >= 0.6 is 0 Å². The first-order chi connectivity index (χ1) is 11.1. The number of aryl methyl sites for hydroxylation is 1. The highest BCUT2D eigenvalue weighted by atomic mass is 19.1. The van der Waals surface area contributed by atoms with Crippen LogP contribution in [0.2, 0.25) is 0 Å². The Labute approximate surface area is 131 Å². The minimum Gasteiger partial charge on any atom is -0.420 e. The molecule has 0 saturated carbocycles. The lowest BCUT2D eigenvalue weighted by Gasteiger charge is -2.24. The van der Waals surface area contributed by atoms with Crippen LogP contribution in [-0.2, 0) is 6.42 Å². The van der Waals surface area contributed by atoms with Crippen molar-refractivity contribution >= 4 is 0 Å². The van der Waals surface area contributed by atoms with Crippen LogP contribution in [0.1, 0.15) is 36.1 Å². The molecule has 0 saturated heterocycles. The molecule has 3 N–H and O–H groups in total. The zero-order chi connectivity index (χ0) is 16.6. The van der Waals surface area contributed by atoms with Crippen molar-refractivity contribution in [1.82, 2.24) is 10.2 Å². The van der Waals surface area contributed by atoms with Crippen molar-refractivity contribution in [1.29, 1.82) is 5.26 Å². The Hall–Kier alpha value is -2.88. The summed E-state index contributed by atoms with van der Waals surface area (Å²) < 4.78 is 33.3. The van der Waals surface area contributed by atoms with Crippen LogP contribution in [0, 0.1) is 23.0 Å². The van der Waals surface area contributed by atoms with Crippen molar-refractivity contribution in [2.45, 2.75) is 25.7 Å². The van der Waals surface area contributed by atoms with Gasteiger partial charge in [0.05, 0.1) is 11.5 Å². The number of rotatable bonds is 3. The molecule has 0 bridgehead atoms. The van der Waals surface area contributed by atoms with Gasteiger partial charge in [0.2, 0.25) is 11.8 Å². The number of nitrogens with two attached hydrogens (primary N) is 1. The van der Waals surface area contributed by atoms with Gasteiger partial charge in [0.25, 0.3) is 0 Å². The molecule has 2 aromatic rings. The first-order valence-electron chi connectivity index (χ1n) is 7.16. The highest BCUT2D eigenvalue weighted by molar-refractivity contribution is 5.55. The summed E-state index contributed by atoms with van der Waals surface area (Å²) in [6, 6.07) is 5.08. The summed E-state index contributed by atoms with van der Waals surface area (Å²) >= 11 is 0. The fourth-order valence-corrected chi connectivity index (χ4v) is 2.80. The average molecular weight is 316 g/mol. The molecule has 1 aliphatic rings. The number of ether oxygens (including phenoxy) is 1. The minimum atomic E-state index is -0.847. The number of benzene rings is 1. The summed E-state index contributed by atoms with van der Waals surface area (Å²) in [6.45, 7) is 1.98. The third-order valence-corrected chi connectivity index (χ3v) is 3.79. The first kappa shape index (κ1) is 15.0. The lowest BCUT2D eigenvalue weighted by atomic mass is 9.83. The van der Waals surface area contributed by atoms with Gasteiger partial charge in [-0.3, -0.25) is 5.10 Å². The van der Waals surface area contributed by atoms with Crippen molar-refractivity contribution in [3.63, 3.8) is 0 Å². The van der Waals surface area contributed by atoms with Crippen molar-refractivity contribution in [3.05, 3.63) is 58.1 Å². The number of halogens is 2. The van der Waals surface area contributed by atoms with Crippen LogP contribution in [0.4, 0.5) is 8.78 Å². The third-order valence-electron chi connectivity index (χ3n) is 3.79. The number of aromatic amines is 1. The van der Waals surface area contributed by atoms with E-state index in [9.17, 15) is 14.0 Å².